The smallest absolute Gasteiger partial charge is 0.193 e. The van der Waals surface area contributed by atoms with Crippen molar-refractivity contribution in [2.45, 2.75) is 65.3 Å². The molecule has 1 aromatic heterocycles. The molecule has 2 fully saturated rings. The fourth-order valence-electron chi connectivity index (χ4n) is 4.26. The molecular formula is C19H33N5. The third-order valence-electron chi connectivity index (χ3n) is 5.56. The first kappa shape index (κ1) is 17.3. The van der Waals surface area contributed by atoms with E-state index in [0.29, 0.717) is 5.41 Å². The maximum atomic E-state index is 4.89. The third kappa shape index (κ3) is 4.31. The minimum Gasteiger partial charge on any atom is -0.357 e. The number of rotatable bonds is 5. The summed E-state index contributed by atoms with van der Waals surface area (Å²) in [6, 6.07) is 0. The molecule has 24 heavy (non-hydrogen) atoms. The van der Waals surface area contributed by atoms with Gasteiger partial charge in [0, 0.05) is 38.9 Å². The Hall–Kier alpha value is -1.52. The summed E-state index contributed by atoms with van der Waals surface area (Å²) in [5.74, 6) is 1.12. The summed E-state index contributed by atoms with van der Waals surface area (Å²) in [7, 11) is 0. The van der Waals surface area contributed by atoms with E-state index in [2.05, 4.69) is 35.4 Å². The minimum absolute atomic E-state index is 0.584. The predicted molar refractivity (Wildman–Crippen MR) is 99.3 cm³/mol. The van der Waals surface area contributed by atoms with Crippen LogP contribution in [0.25, 0.3) is 0 Å². The lowest BCUT2D eigenvalue weighted by Gasteiger charge is -2.33. The Balaban J connectivity index is 1.52. The lowest BCUT2D eigenvalue weighted by molar-refractivity contribution is 0.203. The van der Waals surface area contributed by atoms with Crippen LogP contribution < -0.4 is 5.32 Å². The van der Waals surface area contributed by atoms with Gasteiger partial charge in [-0.05, 0) is 50.5 Å². The first-order valence-corrected chi connectivity index (χ1v) is 9.73. The van der Waals surface area contributed by atoms with Crippen molar-refractivity contribution in [2.24, 2.45) is 10.4 Å². The topological polar surface area (TPSA) is 45.5 Å². The summed E-state index contributed by atoms with van der Waals surface area (Å²) in [4.78, 5) is 7.39. The molecular weight excluding hydrogens is 298 g/mol. The average molecular weight is 332 g/mol. The molecule has 0 aromatic carbocycles. The zero-order valence-electron chi connectivity index (χ0n) is 15.4. The van der Waals surface area contributed by atoms with Gasteiger partial charge in [-0.2, -0.15) is 5.10 Å². The Bertz CT molecular complexity index is 542. The van der Waals surface area contributed by atoms with Crippen molar-refractivity contribution >= 4 is 5.96 Å². The standard InChI is InChI=1S/C19H33N5/c1-3-20-18(21-11-7-12-24-15-17(2)14-22-24)23-13-10-19(16-23)8-5-4-6-9-19/h14-15H,3-13,16H2,1-2H3,(H,20,21). The second-order valence-corrected chi connectivity index (χ2v) is 7.60. The largest absolute Gasteiger partial charge is 0.357 e. The highest BCUT2D eigenvalue weighted by atomic mass is 15.3. The molecule has 134 valence electrons. The van der Waals surface area contributed by atoms with E-state index in [1.165, 1.54) is 57.2 Å². The van der Waals surface area contributed by atoms with Gasteiger partial charge in [0.25, 0.3) is 0 Å². The Kier molecular flexibility index (Phi) is 5.80. The number of aryl methyl sites for hydroxylation is 2. The molecule has 1 N–H and O–H groups in total. The van der Waals surface area contributed by atoms with Crippen LogP contribution in [-0.2, 0) is 6.54 Å². The second-order valence-electron chi connectivity index (χ2n) is 7.60. The molecule has 0 amide bonds. The van der Waals surface area contributed by atoms with Crippen LogP contribution in [0.5, 0.6) is 0 Å². The van der Waals surface area contributed by atoms with Crippen LogP contribution >= 0.6 is 0 Å². The number of hydrogen-bond donors (Lipinski definition) is 1. The molecule has 0 atom stereocenters. The highest BCUT2D eigenvalue weighted by Gasteiger charge is 2.39. The van der Waals surface area contributed by atoms with Crippen molar-refractivity contribution in [2.75, 3.05) is 26.2 Å². The van der Waals surface area contributed by atoms with Crippen LogP contribution in [0.3, 0.4) is 0 Å². The highest BCUT2D eigenvalue weighted by molar-refractivity contribution is 5.80. The van der Waals surface area contributed by atoms with Gasteiger partial charge in [0.15, 0.2) is 5.96 Å². The second kappa shape index (κ2) is 8.04. The van der Waals surface area contributed by atoms with E-state index in [1.807, 2.05) is 10.9 Å². The van der Waals surface area contributed by atoms with E-state index < -0.39 is 0 Å². The first-order valence-electron chi connectivity index (χ1n) is 9.73. The molecule has 1 aliphatic heterocycles. The number of nitrogens with one attached hydrogen (secondary N) is 1. The molecule has 5 nitrogen and oxygen atoms in total. The zero-order valence-corrected chi connectivity index (χ0v) is 15.4. The summed E-state index contributed by atoms with van der Waals surface area (Å²) < 4.78 is 2.02. The van der Waals surface area contributed by atoms with Crippen molar-refractivity contribution in [1.29, 1.82) is 0 Å². The van der Waals surface area contributed by atoms with Crippen LogP contribution in [0.1, 0.15) is 57.4 Å². The van der Waals surface area contributed by atoms with Crippen molar-refractivity contribution in [3.63, 3.8) is 0 Å². The maximum absolute atomic E-state index is 4.89. The number of aromatic nitrogens is 2. The van der Waals surface area contributed by atoms with E-state index in [9.17, 15) is 0 Å². The van der Waals surface area contributed by atoms with Gasteiger partial charge >= 0.3 is 0 Å². The molecule has 1 aromatic rings. The van der Waals surface area contributed by atoms with Crippen LogP contribution in [0, 0.1) is 12.3 Å². The van der Waals surface area contributed by atoms with Gasteiger partial charge < -0.3 is 10.2 Å². The quantitative estimate of drug-likeness (QED) is 0.512. The monoisotopic (exact) mass is 331 g/mol. The van der Waals surface area contributed by atoms with Gasteiger partial charge in [-0.25, -0.2) is 0 Å². The maximum Gasteiger partial charge on any atom is 0.193 e. The third-order valence-corrected chi connectivity index (χ3v) is 5.56. The predicted octanol–water partition coefficient (Wildman–Crippen LogP) is 3.20. The summed E-state index contributed by atoms with van der Waals surface area (Å²) in [5.41, 5.74) is 1.81. The van der Waals surface area contributed by atoms with Crippen molar-refractivity contribution in [1.82, 2.24) is 20.0 Å². The summed E-state index contributed by atoms with van der Waals surface area (Å²) in [5, 5.41) is 7.85. The highest BCUT2D eigenvalue weighted by Crippen LogP contribution is 2.43. The molecule has 3 rings (SSSR count). The van der Waals surface area contributed by atoms with Crippen LogP contribution in [-0.4, -0.2) is 46.8 Å². The molecule has 2 heterocycles. The van der Waals surface area contributed by atoms with Crippen molar-refractivity contribution in [3.05, 3.63) is 18.0 Å². The number of hydrogen-bond acceptors (Lipinski definition) is 2. The molecule has 1 spiro atoms. The van der Waals surface area contributed by atoms with Gasteiger partial charge in [0.1, 0.15) is 0 Å². The van der Waals surface area contributed by atoms with E-state index in [0.717, 1.165) is 32.0 Å². The molecule has 1 saturated carbocycles. The Morgan fingerprint density at radius 3 is 2.83 bits per heavy atom. The summed E-state index contributed by atoms with van der Waals surface area (Å²) in [6.07, 6.45) is 13.5. The van der Waals surface area contributed by atoms with E-state index in [-0.39, 0.29) is 0 Å². The van der Waals surface area contributed by atoms with Gasteiger partial charge in [-0.15, -0.1) is 0 Å². The minimum atomic E-state index is 0.584. The Labute approximate surface area is 146 Å². The molecule has 0 radical (unpaired) electrons. The zero-order chi connectivity index (χ0) is 16.8. The van der Waals surface area contributed by atoms with Gasteiger partial charge in [0.05, 0.1) is 6.20 Å². The van der Waals surface area contributed by atoms with Crippen LogP contribution in [0.2, 0.25) is 0 Å². The lowest BCUT2D eigenvalue weighted by Crippen LogP contribution is -2.41. The summed E-state index contributed by atoms with van der Waals surface area (Å²) >= 11 is 0. The SMILES string of the molecule is CCNC(=NCCCn1cc(C)cn1)N1CCC2(CCCCC2)C1. The average Bonchev–Trinajstić information content (AvgIpc) is 3.18. The molecule has 0 unspecified atom stereocenters. The Morgan fingerprint density at radius 2 is 2.12 bits per heavy atom. The van der Waals surface area contributed by atoms with Gasteiger partial charge in [-0.3, -0.25) is 9.67 Å². The van der Waals surface area contributed by atoms with Crippen molar-refractivity contribution in [3.8, 4) is 0 Å². The van der Waals surface area contributed by atoms with Gasteiger partial charge in [0.2, 0.25) is 0 Å². The fourth-order valence-corrected chi connectivity index (χ4v) is 4.26. The number of nitrogens with zero attached hydrogens (tertiary/aromatic N) is 4. The Morgan fingerprint density at radius 1 is 1.29 bits per heavy atom. The molecule has 5 heteroatoms. The van der Waals surface area contributed by atoms with Crippen LogP contribution in [0.4, 0.5) is 0 Å². The van der Waals surface area contributed by atoms with Crippen LogP contribution in [0.15, 0.2) is 17.4 Å². The summed E-state index contributed by atoms with van der Waals surface area (Å²) in [6.45, 7) is 9.38. The van der Waals surface area contributed by atoms with E-state index in [1.54, 1.807) is 0 Å². The molecule has 1 aliphatic carbocycles. The molecule has 1 saturated heterocycles. The van der Waals surface area contributed by atoms with Crippen molar-refractivity contribution < 1.29 is 0 Å². The van der Waals surface area contributed by atoms with E-state index >= 15 is 0 Å². The van der Waals surface area contributed by atoms with Gasteiger partial charge in [-0.1, -0.05) is 19.3 Å². The fraction of sp³-hybridized carbons (Fsp3) is 0.789. The number of aliphatic imine (C=N–C) groups is 1. The lowest BCUT2D eigenvalue weighted by atomic mass is 9.73. The molecule has 2 aliphatic rings. The first-order chi connectivity index (χ1) is 11.7. The normalized spacial score (nSPS) is 20.8. The van der Waals surface area contributed by atoms with E-state index in [4.69, 9.17) is 4.99 Å². The number of guanidine groups is 1. The molecule has 0 bridgehead atoms. The number of likely N-dealkylation sites (tertiary alicyclic amines) is 1.